The molecule has 0 N–H and O–H groups in total. The van der Waals surface area contributed by atoms with Gasteiger partial charge in [-0.05, 0) is 50.7 Å². The molecule has 0 saturated heterocycles. The van der Waals surface area contributed by atoms with Gasteiger partial charge < -0.3 is 14.5 Å². The number of rotatable bonds is 4. The summed E-state index contributed by atoms with van der Waals surface area (Å²) in [5.74, 6) is 0.971. The smallest absolute Gasteiger partial charge is 0.119 e. The van der Waals surface area contributed by atoms with Gasteiger partial charge in [0.2, 0.25) is 0 Å². The van der Waals surface area contributed by atoms with Gasteiger partial charge in [-0.3, -0.25) is 0 Å². The monoisotopic (exact) mass is 234 g/mol. The highest BCUT2D eigenvalue weighted by Crippen LogP contribution is 2.30. The minimum Gasteiger partial charge on any atom is -0.497 e. The van der Waals surface area contributed by atoms with Crippen molar-refractivity contribution in [1.82, 2.24) is 4.90 Å². The van der Waals surface area contributed by atoms with Crippen LogP contribution in [0.2, 0.25) is 0 Å². The number of nitrogens with zero attached hydrogens (tertiary/aromatic N) is 2. The molecule has 0 aromatic heterocycles. The molecule has 1 heterocycles. The Morgan fingerprint density at radius 3 is 2.88 bits per heavy atom. The van der Waals surface area contributed by atoms with Crippen molar-refractivity contribution in [3.8, 4) is 5.75 Å². The van der Waals surface area contributed by atoms with E-state index in [1.54, 1.807) is 7.11 Å². The van der Waals surface area contributed by atoms with E-state index in [0.29, 0.717) is 0 Å². The van der Waals surface area contributed by atoms with Crippen molar-refractivity contribution < 1.29 is 4.74 Å². The lowest BCUT2D eigenvalue weighted by Crippen LogP contribution is -2.35. The molecule has 1 aliphatic heterocycles. The highest BCUT2D eigenvalue weighted by Gasteiger charge is 2.16. The first-order valence-corrected chi connectivity index (χ1v) is 6.27. The van der Waals surface area contributed by atoms with Gasteiger partial charge >= 0.3 is 0 Å². The number of hydrogen-bond donors (Lipinski definition) is 0. The van der Waals surface area contributed by atoms with Crippen LogP contribution in [0.25, 0.3) is 0 Å². The van der Waals surface area contributed by atoms with Gasteiger partial charge in [-0.25, -0.2) is 0 Å². The van der Waals surface area contributed by atoms with Crippen molar-refractivity contribution in [3.63, 3.8) is 0 Å². The average Bonchev–Trinajstić information content (AvgIpc) is 2.35. The van der Waals surface area contributed by atoms with Crippen LogP contribution in [-0.4, -0.2) is 45.7 Å². The van der Waals surface area contributed by atoms with Crippen molar-refractivity contribution >= 4 is 5.69 Å². The van der Waals surface area contributed by atoms with E-state index in [2.05, 4.69) is 42.1 Å². The van der Waals surface area contributed by atoms with E-state index < -0.39 is 0 Å². The van der Waals surface area contributed by atoms with Crippen LogP contribution < -0.4 is 9.64 Å². The molecule has 0 atom stereocenters. The second kappa shape index (κ2) is 5.41. The van der Waals surface area contributed by atoms with Gasteiger partial charge in [0.25, 0.3) is 0 Å². The Labute approximate surface area is 104 Å². The summed E-state index contributed by atoms with van der Waals surface area (Å²) in [6, 6.07) is 6.44. The molecule has 3 nitrogen and oxygen atoms in total. The maximum Gasteiger partial charge on any atom is 0.119 e. The van der Waals surface area contributed by atoms with E-state index in [4.69, 9.17) is 4.74 Å². The predicted molar refractivity (Wildman–Crippen MR) is 72.1 cm³/mol. The van der Waals surface area contributed by atoms with Gasteiger partial charge in [0.15, 0.2) is 0 Å². The van der Waals surface area contributed by atoms with Crippen molar-refractivity contribution in [3.05, 3.63) is 23.8 Å². The summed E-state index contributed by atoms with van der Waals surface area (Å²) in [7, 11) is 5.98. The molecule has 0 radical (unpaired) electrons. The molecule has 1 aromatic carbocycles. The third-order valence-corrected chi connectivity index (χ3v) is 3.32. The summed E-state index contributed by atoms with van der Waals surface area (Å²) in [4.78, 5) is 4.72. The molecule has 0 saturated carbocycles. The number of anilines is 1. The van der Waals surface area contributed by atoms with Crippen LogP contribution >= 0.6 is 0 Å². The van der Waals surface area contributed by atoms with E-state index in [1.807, 2.05) is 0 Å². The largest absolute Gasteiger partial charge is 0.497 e. The zero-order valence-electron chi connectivity index (χ0n) is 11.1. The summed E-state index contributed by atoms with van der Waals surface area (Å²) in [6.45, 7) is 3.38. The first kappa shape index (κ1) is 12.2. The highest BCUT2D eigenvalue weighted by atomic mass is 16.5. The first-order chi connectivity index (χ1) is 8.20. The molecule has 17 heavy (non-hydrogen) atoms. The van der Waals surface area contributed by atoms with Crippen molar-refractivity contribution in [2.75, 3.05) is 45.7 Å². The van der Waals surface area contributed by atoms with E-state index in [0.717, 1.165) is 18.8 Å². The molecule has 1 aromatic rings. The van der Waals surface area contributed by atoms with E-state index in [-0.39, 0.29) is 0 Å². The SMILES string of the molecule is COc1ccc2c(c1)CCCN2CCN(C)C. The molecule has 0 fully saturated rings. The molecule has 0 spiro atoms. The molecule has 94 valence electrons. The van der Waals surface area contributed by atoms with Crippen LogP contribution in [0.5, 0.6) is 5.75 Å². The second-order valence-corrected chi connectivity index (χ2v) is 4.89. The molecule has 0 amide bonds. The molecular weight excluding hydrogens is 212 g/mol. The maximum absolute atomic E-state index is 5.29. The first-order valence-electron chi connectivity index (χ1n) is 6.27. The van der Waals surface area contributed by atoms with Crippen LogP contribution in [0.1, 0.15) is 12.0 Å². The third-order valence-electron chi connectivity index (χ3n) is 3.32. The zero-order chi connectivity index (χ0) is 12.3. The fourth-order valence-electron chi connectivity index (χ4n) is 2.33. The average molecular weight is 234 g/mol. The third kappa shape index (κ3) is 2.91. The van der Waals surface area contributed by atoms with Crippen molar-refractivity contribution in [2.24, 2.45) is 0 Å². The molecule has 2 rings (SSSR count). The number of aryl methyl sites for hydroxylation is 1. The normalized spacial score (nSPS) is 14.9. The number of ether oxygens (including phenoxy) is 1. The number of benzene rings is 1. The van der Waals surface area contributed by atoms with Crippen LogP contribution in [-0.2, 0) is 6.42 Å². The Hall–Kier alpha value is -1.22. The van der Waals surface area contributed by atoms with E-state index in [9.17, 15) is 0 Å². The van der Waals surface area contributed by atoms with Gasteiger partial charge in [0.05, 0.1) is 7.11 Å². The topological polar surface area (TPSA) is 15.7 Å². The second-order valence-electron chi connectivity index (χ2n) is 4.89. The highest BCUT2D eigenvalue weighted by molar-refractivity contribution is 5.58. The van der Waals surface area contributed by atoms with E-state index in [1.165, 1.54) is 30.6 Å². The zero-order valence-corrected chi connectivity index (χ0v) is 11.1. The Morgan fingerprint density at radius 2 is 2.18 bits per heavy atom. The predicted octanol–water partition coefficient (Wildman–Crippen LogP) is 2.01. The fraction of sp³-hybridized carbons (Fsp3) is 0.571. The van der Waals surface area contributed by atoms with Gasteiger partial charge in [-0.1, -0.05) is 0 Å². The number of fused-ring (bicyclic) bond motifs is 1. The van der Waals surface area contributed by atoms with E-state index >= 15 is 0 Å². The molecule has 0 aliphatic carbocycles. The van der Waals surface area contributed by atoms with Gasteiger partial charge in [0.1, 0.15) is 5.75 Å². The van der Waals surface area contributed by atoms with Crippen molar-refractivity contribution in [2.45, 2.75) is 12.8 Å². The Kier molecular flexibility index (Phi) is 3.89. The minimum atomic E-state index is 0.971. The van der Waals surface area contributed by atoms with Crippen LogP contribution in [0.15, 0.2) is 18.2 Å². The summed E-state index contributed by atoms with van der Waals surface area (Å²) < 4.78 is 5.29. The lowest BCUT2D eigenvalue weighted by Gasteiger charge is -2.32. The van der Waals surface area contributed by atoms with Gasteiger partial charge in [0, 0.05) is 25.3 Å². The van der Waals surface area contributed by atoms with Crippen LogP contribution in [0.4, 0.5) is 5.69 Å². The lowest BCUT2D eigenvalue weighted by molar-refractivity contribution is 0.408. The summed E-state index contributed by atoms with van der Waals surface area (Å²) in [5, 5.41) is 0. The molecular formula is C14H22N2O. The molecule has 0 bridgehead atoms. The van der Waals surface area contributed by atoms with Crippen LogP contribution in [0.3, 0.4) is 0 Å². The summed E-state index contributed by atoms with van der Waals surface area (Å²) in [5.41, 5.74) is 2.81. The Bertz CT molecular complexity index is 376. The standard InChI is InChI=1S/C14H22N2O/c1-15(2)9-10-16-8-4-5-12-11-13(17-3)6-7-14(12)16/h6-7,11H,4-5,8-10H2,1-3H3. The van der Waals surface area contributed by atoms with Gasteiger partial charge in [-0.2, -0.15) is 0 Å². The molecule has 0 unspecified atom stereocenters. The lowest BCUT2D eigenvalue weighted by atomic mass is 10.0. The summed E-state index contributed by atoms with van der Waals surface area (Å²) >= 11 is 0. The molecule has 3 heteroatoms. The van der Waals surface area contributed by atoms with Crippen LogP contribution in [0, 0.1) is 0 Å². The number of methoxy groups -OCH3 is 1. The van der Waals surface area contributed by atoms with Gasteiger partial charge in [-0.15, -0.1) is 0 Å². The maximum atomic E-state index is 5.29. The molecule has 1 aliphatic rings. The number of likely N-dealkylation sites (N-methyl/N-ethyl adjacent to an activating group) is 1. The number of hydrogen-bond acceptors (Lipinski definition) is 3. The minimum absolute atomic E-state index is 0.971. The quantitative estimate of drug-likeness (QED) is 0.792. The van der Waals surface area contributed by atoms with Crippen molar-refractivity contribution in [1.29, 1.82) is 0 Å². The Morgan fingerprint density at radius 1 is 1.35 bits per heavy atom. The fourth-order valence-corrected chi connectivity index (χ4v) is 2.33. The Balaban J connectivity index is 2.14. The summed E-state index contributed by atoms with van der Waals surface area (Å²) in [6.07, 6.45) is 2.42.